The Morgan fingerprint density at radius 1 is 0.920 bits per heavy atom. The molecule has 4 rings (SSSR count). The van der Waals surface area contributed by atoms with Crippen molar-refractivity contribution in [2.24, 2.45) is 0 Å². The highest BCUT2D eigenvalue weighted by atomic mass is 32.1. The zero-order valence-corrected chi connectivity index (χ0v) is 15.9. The van der Waals surface area contributed by atoms with Crippen LogP contribution in [0.5, 0.6) is 0 Å². The molecule has 2 aliphatic rings. The fourth-order valence-electron chi connectivity index (χ4n) is 4.26. The fraction of sp³-hybridized carbons (Fsp3) is 0.571. The van der Waals surface area contributed by atoms with Gasteiger partial charge < -0.3 is 0 Å². The number of piperidine rings is 2. The van der Waals surface area contributed by atoms with Gasteiger partial charge in [-0.15, -0.1) is 11.3 Å². The predicted octanol–water partition coefficient (Wildman–Crippen LogP) is 4.86. The fourth-order valence-corrected chi connectivity index (χ4v) is 5.35. The predicted molar refractivity (Wildman–Crippen MR) is 105 cm³/mol. The summed E-state index contributed by atoms with van der Waals surface area (Å²) in [5, 5.41) is 0. The monoisotopic (exact) mass is 355 g/mol. The molecular formula is C21H29N3S. The second kappa shape index (κ2) is 8.43. The van der Waals surface area contributed by atoms with E-state index >= 15 is 0 Å². The summed E-state index contributed by atoms with van der Waals surface area (Å²) >= 11 is 2.02. The van der Waals surface area contributed by atoms with Crippen LogP contribution < -0.4 is 0 Å². The van der Waals surface area contributed by atoms with E-state index in [1.807, 2.05) is 17.5 Å². The number of nitrogens with zero attached hydrogens (tertiary/aromatic N) is 3. The summed E-state index contributed by atoms with van der Waals surface area (Å²) in [5.41, 5.74) is 1.38. The van der Waals surface area contributed by atoms with E-state index in [1.165, 1.54) is 73.5 Å². The van der Waals surface area contributed by atoms with Crippen LogP contribution in [-0.4, -0.2) is 34.4 Å². The Hall–Kier alpha value is -1.23. The zero-order valence-electron chi connectivity index (χ0n) is 15.1. The molecule has 0 unspecified atom stereocenters. The van der Waals surface area contributed by atoms with Gasteiger partial charge in [0.25, 0.3) is 0 Å². The Bertz CT molecular complexity index is 648. The highest BCUT2D eigenvalue weighted by Crippen LogP contribution is 2.33. The number of thiophene rings is 1. The molecule has 1 atom stereocenters. The van der Waals surface area contributed by atoms with Crippen LogP contribution in [-0.2, 0) is 13.1 Å². The lowest BCUT2D eigenvalue weighted by Gasteiger charge is -2.35. The van der Waals surface area contributed by atoms with E-state index in [1.54, 1.807) is 0 Å². The van der Waals surface area contributed by atoms with E-state index < -0.39 is 0 Å². The summed E-state index contributed by atoms with van der Waals surface area (Å²) in [6.45, 7) is 6.00. The van der Waals surface area contributed by atoms with Crippen molar-refractivity contribution in [3.05, 3.63) is 52.0 Å². The second-order valence-corrected chi connectivity index (χ2v) is 8.73. The van der Waals surface area contributed by atoms with Crippen LogP contribution in [0.4, 0.5) is 0 Å². The Labute approximate surface area is 155 Å². The molecule has 4 heterocycles. The van der Waals surface area contributed by atoms with Gasteiger partial charge in [-0.2, -0.15) is 0 Å². The van der Waals surface area contributed by atoms with Gasteiger partial charge in [0.15, 0.2) is 0 Å². The molecule has 0 spiro atoms. The average molecular weight is 356 g/mol. The van der Waals surface area contributed by atoms with Crippen molar-refractivity contribution < 1.29 is 0 Å². The standard InChI is InChI=1S/C21H29N3S/c1-3-12-23(13-4-1)16-19-9-10-20(25-19)17-24-14-5-2-8-21(24)18-7-6-11-22-15-18/h6-7,9-11,15,21H,1-5,8,12-14,16-17H2/t21-/m0/s1. The molecule has 2 aromatic rings. The maximum Gasteiger partial charge on any atom is 0.0367 e. The van der Waals surface area contributed by atoms with Crippen LogP contribution in [0.1, 0.15) is 59.9 Å². The smallest absolute Gasteiger partial charge is 0.0367 e. The van der Waals surface area contributed by atoms with Crippen LogP contribution in [0.3, 0.4) is 0 Å². The minimum absolute atomic E-state index is 0.537. The number of rotatable bonds is 5. The van der Waals surface area contributed by atoms with Gasteiger partial charge in [-0.3, -0.25) is 14.8 Å². The van der Waals surface area contributed by atoms with E-state index in [0.29, 0.717) is 6.04 Å². The van der Waals surface area contributed by atoms with E-state index in [2.05, 4.69) is 45.2 Å². The molecule has 2 aliphatic heterocycles. The average Bonchev–Trinajstić information content (AvgIpc) is 3.10. The molecule has 2 saturated heterocycles. The summed E-state index contributed by atoms with van der Waals surface area (Å²) in [5.74, 6) is 0. The minimum Gasteiger partial charge on any atom is -0.298 e. The number of hydrogen-bond acceptors (Lipinski definition) is 4. The number of hydrogen-bond donors (Lipinski definition) is 0. The van der Waals surface area contributed by atoms with Crippen LogP contribution in [0.25, 0.3) is 0 Å². The first-order valence-electron chi connectivity index (χ1n) is 9.82. The Morgan fingerprint density at radius 3 is 2.52 bits per heavy atom. The summed E-state index contributed by atoms with van der Waals surface area (Å²) in [6, 6.07) is 9.57. The van der Waals surface area contributed by atoms with Crippen LogP contribution in [0, 0.1) is 0 Å². The van der Waals surface area contributed by atoms with Crippen molar-refractivity contribution in [1.29, 1.82) is 0 Å². The minimum atomic E-state index is 0.537. The molecule has 0 saturated carbocycles. The quantitative estimate of drug-likeness (QED) is 0.764. The molecule has 2 fully saturated rings. The maximum atomic E-state index is 4.34. The van der Waals surface area contributed by atoms with Crippen molar-refractivity contribution in [2.75, 3.05) is 19.6 Å². The topological polar surface area (TPSA) is 19.4 Å². The Morgan fingerprint density at radius 2 is 1.72 bits per heavy atom. The Kier molecular flexibility index (Phi) is 5.80. The van der Waals surface area contributed by atoms with E-state index in [0.717, 1.165) is 13.1 Å². The highest BCUT2D eigenvalue weighted by Gasteiger charge is 2.24. The molecule has 0 amide bonds. The zero-order chi connectivity index (χ0) is 16.9. The first kappa shape index (κ1) is 17.2. The molecular weight excluding hydrogens is 326 g/mol. The van der Waals surface area contributed by atoms with Crippen LogP contribution in [0.2, 0.25) is 0 Å². The molecule has 0 radical (unpaired) electrons. The van der Waals surface area contributed by atoms with Crippen molar-refractivity contribution in [3.8, 4) is 0 Å². The van der Waals surface area contributed by atoms with Gasteiger partial charge in [-0.05, 0) is 69.1 Å². The van der Waals surface area contributed by atoms with Crippen molar-refractivity contribution in [3.63, 3.8) is 0 Å². The van der Waals surface area contributed by atoms with Gasteiger partial charge in [0.2, 0.25) is 0 Å². The van der Waals surface area contributed by atoms with Crippen LogP contribution in [0.15, 0.2) is 36.7 Å². The first-order chi connectivity index (χ1) is 12.4. The Balaban J connectivity index is 1.40. The van der Waals surface area contributed by atoms with Gasteiger partial charge in [0.05, 0.1) is 0 Å². The molecule has 0 bridgehead atoms. The lowest BCUT2D eigenvalue weighted by atomic mass is 9.96. The highest BCUT2D eigenvalue weighted by molar-refractivity contribution is 7.11. The van der Waals surface area contributed by atoms with Gasteiger partial charge in [0.1, 0.15) is 0 Å². The van der Waals surface area contributed by atoms with E-state index in [9.17, 15) is 0 Å². The molecule has 0 aromatic carbocycles. The molecule has 134 valence electrons. The SMILES string of the molecule is c1cncc([C@@H]2CCCCN2Cc2ccc(CN3CCCCC3)s2)c1. The number of aromatic nitrogens is 1. The lowest BCUT2D eigenvalue weighted by Crippen LogP contribution is -2.32. The lowest BCUT2D eigenvalue weighted by molar-refractivity contribution is 0.141. The summed E-state index contributed by atoms with van der Waals surface area (Å²) in [4.78, 5) is 12.7. The normalized spacial score (nSPS) is 23.0. The van der Waals surface area contributed by atoms with Crippen molar-refractivity contribution in [1.82, 2.24) is 14.8 Å². The molecule has 3 nitrogen and oxygen atoms in total. The third-order valence-corrected chi connectivity index (χ3v) is 6.64. The molecule has 25 heavy (non-hydrogen) atoms. The largest absolute Gasteiger partial charge is 0.298 e. The third kappa shape index (κ3) is 4.49. The maximum absolute atomic E-state index is 4.34. The molecule has 0 N–H and O–H groups in total. The van der Waals surface area contributed by atoms with Gasteiger partial charge in [-0.1, -0.05) is 18.9 Å². The second-order valence-electron chi connectivity index (χ2n) is 7.47. The van der Waals surface area contributed by atoms with E-state index in [-0.39, 0.29) is 0 Å². The molecule has 0 aliphatic carbocycles. The van der Waals surface area contributed by atoms with Crippen LogP contribution >= 0.6 is 11.3 Å². The summed E-state index contributed by atoms with van der Waals surface area (Å²) < 4.78 is 0. The third-order valence-electron chi connectivity index (χ3n) is 5.59. The van der Waals surface area contributed by atoms with E-state index in [4.69, 9.17) is 0 Å². The first-order valence-corrected chi connectivity index (χ1v) is 10.6. The number of pyridine rings is 1. The summed E-state index contributed by atoms with van der Waals surface area (Å²) in [6.07, 6.45) is 12.0. The number of likely N-dealkylation sites (tertiary alicyclic amines) is 2. The summed E-state index contributed by atoms with van der Waals surface area (Å²) in [7, 11) is 0. The van der Waals surface area contributed by atoms with Gasteiger partial charge in [0, 0.05) is 41.3 Å². The van der Waals surface area contributed by atoms with Crippen molar-refractivity contribution in [2.45, 2.75) is 57.7 Å². The van der Waals surface area contributed by atoms with Gasteiger partial charge >= 0.3 is 0 Å². The molecule has 2 aromatic heterocycles. The molecule has 4 heteroatoms. The van der Waals surface area contributed by atoms with Crippen molar-refractivity contribution >= 4 is 11.3 Å². The van der Waals surface area contributed by atoms with Gasteiger partial charge in [-0.25, -0.2) is 0 Å².